The van der Waals surface area contributed by atoms with Crippen LogP contribution in [0.3, 0.4) is 0 Å². The molecule has 2 fully saturated rings. The van der Waals surface area contributed by atoms with Crippen LogP contribution in [0.25, 0.3) is 5.69 Å². The average molecular weight is 544 g/mol. The molecule has 1 aliphatic carbocycles. The summed E-state index contributed by atoms with van der Waals surface area (Å²) in [5.74, 6) is 2.43. The van der Waals surface area contributed by atoms with Gasteiger partial charge in [-0.3, -0.25) is 9.29 Å². The first-order chi connectivity index (χ1) is 18.3. The zero-order valence-corrected chi connectivity index (χ0v) is 22.8. The van der Waals surface area contributed by atoms with E-state index in [1.54, 1.807) is 50.4 Å². The van der Waals surface area contributed by atoms with Crippen molar-refractivity contribution >= 4 is 21.9 Å². The van der Waals surface area contributed by atoms with E-state index in [2.05, 4.69) is 24.9 Å². The van der Waals surface area contributed by atoms with E-state index in [1.807, 2.05) is 17.9 Å². The Morgan fingerprint density at radius 3 is 2.26 bits per heavy atom. The van der Waals surface area contributed by atoms with Crippen molar-refractivity contribution in [3.05, 3.63) is 42.0 Å². The maximum Gasteiger partial charge on any atom is 0.243 e. The zero-order chi connectivity index (χ0) is 26.9. The van der Waals surface area contributed by atoms with E-state index in [1.165, 1.54) is 0 Å². The minimum atomic E-state index is -3.93. The Morgan fingerprint density at radius 2 is 1.68 bits per heavy atom. The smallest absolute Gasteiger partial charge is 0.243 e. The number of rotatable bonds is 9. The lowest BCUT2D eigenvalue weighted by molar-refractivity contribution is 0.0898. The van der Waals surface area contributed by atoms with Crippen molar-refractivity contribution in [1.29, 1.82) is 0 Å². The molecular weight excluding hydrogens is 510 g/mol. The molecule has 2 aromatic heterocycles. The maximum atomic E-state index is 13.8. The number of aromatic nitrogens is 5. The van der Waals surface area contributed by atoms with Crippen LogP contribution in [0.5, 0.6) is 11.5 Å². The van der Waals surface area contributed by atoms with Gasteiger partial charge in [-0.2, -0.15) is 0 Å². The van der Waals surface area contributed by atoms with Crippen LogP contribution in [-0.4, -0.2) is 78.9 Å². The number of aryl methyl sites for hydroxylation is 1. The highest BCUT2D eigenvalue weighted by molar-refractivity contribution is 7.93. The fraction of sp³-hybridized carbons (Fsp3) is 0.520. The van der Waals surface area contributed by atoms with Gasteiger partial charge >= 0.3 is 0 Å². The van der Waals surface area contributed by atoms with E-state index >= 15 is 0 Å². The van der Waals surface area contributed by atoms with Crippen LogP contribution < -0.4 is 19.1 Å². The Kier molecular flexibility index (Phi) is 7.39. The normalized spacial score (nSPS) is 20.2. The molecule has 204 valence electrons. The Balaban J connectivity index is 1.51. The Bertz CT molecular complexity index is 1350. The summed E-state index contributed by atoms with van der Waals surface area (Å²) in [4.78, 5) is 10.6. The summed E-state index contributed by atoms with van der Waals surface area (Å²) >= 11 is 0. The molecule has 3 aromatic rings. The molecule has 1 saturated heterocycles. The molecule has 1 saturated carbocycles. The van der Waals surface area contributed by atoms with E-state index in [9.17, 15) is 8.42 Å². The summed E-state index contributed by atoms with van der Waals surface area (Å²) in [7, 11) is 0.768. The van der Waals surface area contributed by atoms with Gasteiger partial charge in [0.15, 0.2) is 0 Å². The number of anilines is 2. The van der Waals surface area contributed by atoms with Crippen LogP contribution in [0.4, 0.5) is 11.9 Å². The molecule has 0 spiro atoms. The van der Waals surface area contributed by atoms with Gasteiger partial charge in [-0.25, -0.2) is 18.4 Å². The van der Waals surface area contributed by atoms with Crippen LogP contribution in [0.2, 0.25) is 0 Å². The number of sulfonamides is 1. The summed E-state index contributed by atoms with van der Waals surface area (Å²) < 4.78 is 49.0. The van der Waals surface area contributed by atoms with E-state index in [-0.39, 0.29) is 24.5 Å². The summed E-state index contributed by atoms with van der Waals surface area (Å²) in [6, 6.07) is 5.40. The third kappa shape index (κ3) is 4.99. The third-order valence-corrected chi connectivity index (χ3v) is 8.90. The summed E-state index contributed by atoms with van der Waals surface area (Å²) in [5.41, 5.74) is 1.48. The number of hydrogen-bond acceptors (Lipinski definition) is 10. The summed E-state index contributed by atoms with van der Waals surface area (Å²) in [5, 5.41) is 7.91. The van der Waals surface area contributed by atoms with Crippen molar-refractivity contribution in [2.24, 2.45) is 0 Å². The second-order valence-electron chi connectivity index (χ2n) is 9.68. The number of para-hydroxylation sites is 1. The molecule has 1 aromatic carbocycles. The highest BCUT2D eigenvalue weighted by Gasteiger charge is 2.38. The highest BCUT2D eigenvalue weighted by atomic mass is 32.2. The van der Waals surface area contributed by atoms with Gasteiger partial charge in [0.1, 0.15) is 28.3 Å². The number of methoxy groups -OCH3 is 3. The molecule has 13 heteroatoms. The molecule has 0 bridgehead atoms. The van der Waals surface area contributed by atoms with Crippen molar-refractivity contribution in [3.63, 3.8) is 0 Å². The quantitative estimate of drug-likeness (QED) is 0.429. The van der Waals surface area contributed by atoms with Gasteiger partial charge in [-0.15, -0.1) is 10.2 Å². The first kappa shape index (κ1) is 26.2. The number of hydrogen-bond donors (Lipinski definition) is 1. The Hall–Kier alpha value is -3.45. The molecule has 0 amide bonds. The monoisotopic (exact) mass is 543 g/mol. The molecule has 2 aliphatic rings. The minimum Gasteiger partial charge on any atom is -0.494 e. The van der Waals surface area contributed by atoms with Gasteiger partial charge in [0.25, 0.3) is 0 Å². The minimum absolute atomic E-state index is 0.0902. The molecule has 0 radical (unpaired) electrons. The largest absolute Gasteiger partial charge is 0.494 e. The molecular formula is C25H33N7O5S. The predicted molar refractivity (Wildman–Crippen MR) is 142 cm³/mol. The summed E-state index contributed by atoms with van der Waals surface area (Å²) in [6.07, 6.45) is 6.41. The van der Waals surface area contributed by atoms with Crippen molar-refractivity contribution < 1.29 is 22.6 Å². The van der Waals surface area contributed by atoms with Crippen molar-refractivity contribution in [1.82, 2.24) is 24.7 Å². The SMILES string of the molecule is COc1cccc(OC)c1-n1c(NS(=O)(=O)C2CC(OC)CN(c3ncc(C)cn3)C2)nnc1C1CCC1. The van der Waals surface area contributed by atoms with Crippen LogP contribution in [-0.2, 0) is 14.8 Å². The second kappa shape index (κ2) is 10.7. The fourth-order valence-corrected chi connectivity index (χ4v) is 6.29. The molecule has 1 aliphatic heterocycles. The van der Waals surface area contributed by atoms with Crippen molar-refractivity contribution in [2.45, 2.75) is 49.9 Å². The fourth-order valence-electron chi connectivity index (χ4n) is 4.89. The summed E-state index contributed by atoms with van der Waals surface area (Å²) in [6.45, 7) is 2.60. The van der Waals surface area contributed by atoms with Gasteiger partial charge < -0.3 is 19.1 Å². The van der Waals surface area contributed by atoms with Crippen LogP contribution in [0, 0.1) is 6.92 Å². The van der Waals surface area contributed by atoms with Crippen molar-refractivity contribution in [2.75, 3.05) is 44.0 Å². The standard InChI is InChI=1S/C25H33N7O5S/c1-16-12-26-24(27-13-16)31-14-18(35-2)11-19(15-31)38(33,34)30-25-29-28-23(17-7-5-8-17)32(25)22-20(36-3)9-6-10-21(22)37-4/h6,9-10,12-13,17-19H,5,7-8,11,14-15H2,1-4H3,(H,29,30). The lowest BCUT2D eigenvalue weighted by atomic mass is 9.85. The lowest BCUT2D eigenvalue weighted by Crippen LogP contribution is -2.51. The van der Waals surface area contributed by atoms with E-state index in [4.69, 9.17) is 14.2 Å². The first-order valence-electron chi connectivity index (χ1n) is 12.6. The molecule has 38 heavy (non-hydrogen) atoms. The van der Waals surface area contributed by atoms with Gasteiger partial charge in [-0.1, -0.05) is 12.5 Å². The number of ether oxygens (including phenoxy) is 3. The zero-order valence-electron chi connectivity index (χ0n) is 22.0. The highest BCUT2D eigenvalue weighted by Crippen LogP contribution is 2.42. The first-order valence-corrected chi connectivity index (χ1v) is 14.1. The molecule has 2 atom stereocenters. The number of nitrogens with one attached hydrogen (secondary N) is 1. The van der Waals surface area contributed by atoms with Crippen LogP contribution >= 0.6 is 0 Å². The van der Waals surface area contributed by atoms with Crippen LogP contribution in [0.1, 0.15) is 43.0 Å². The molecule has 1 N–H and O–H groups in total. The number of benzene rings is 1. The van der Waals surface area contributed by atoms with Gasteiger partial charge in [0, 0.05) is 38.5 Å². The van der Waals surface area contributed by atoms with Gasteiger partial charge in [-0.05, 0) is 43.9 Å². The number of piperidine rings is 1. The van der Waals surface area contributed by atoms with Gasteiger partial charge in [0.05, 0.1) is 20.3 Å². The van der Waals surface area contributed by atoms with E-state index in [0.717, 1.165) is 24.8 Å². The molecule has 2 unspecified atom stereocenters. The second-order valence-corrected chi connectivity index (χ2v) is 11.6. The molecule has 5 rings (SSSR count). The lowest BCUT2D eigenvalue weighted by Gasteiger charge is -2.36. The topological polar surface area (TPSA) is 134 Å². The predicted octanol–water partition coefficient (Wildman–Crippen LogP) is 2.69. The van der Waals surface area contributed by atoms with Crippen molar-refractivity contribution in [3.8, 4) is 17.2 Å². The van der Waals surface area contributed by atoms with Gasteiger partial charge in [0.2, 0.25) is 21.9 Å². The molecule has 12 nitrogen and oxygen atoms in total. The maximum absolute atomic E-state index is 13.8. The van der Waals surface area contributed by atoms with Crippen LogP contribution in [0.15, 0.2) is 30.6 Å². The third-order valence-electron chi connectivity index (χ3n) is 7.21. The molecule has 3 heterocycles. The number of nitrogens with zero attached hydrogens (tertiary/aromatic N) is 6. The Labute approximate surface area is 222 Å². The van der Waals surface area contributed by atoms with E-state index in [0.29, 0.717) is 41.9 Å². The average Bonchev–Trinajstić information content (AvgIpc) is 3.28. The van der Waals surface area contributed by atoms with E-state index < -0.39 is 15.3 Å². The Morgan fingerprint density at radius 1 is 1.00 bits per heavy atom.